The number of nitrogens with zero attached hydrogens (tertiary/aromatic N) is 1. The van der Waals surface area contributed by atoms with Gasteiger partial charge in [-0.3, -0.25) is 9.36 Å². The van der Waals surface area contributed by atoms with Crippen LogP contribution in [0.5, 0.6) is 0 Å². The van der Waals surface area contributed by atoms with Gasteiger partial charge in [0.05, 0.1) is 34.4 Å². The molecule has 53 heavy (non-hydrogen) atoms. The maximum absolute atomic E-state index is 12.7. The van der Waals surface area contributed by atoms with Crippen molar-refractivity contribution in [2.75, 3.05) is 54.1 Å². The van der Waals surface area contributed by atoms with Crippen molar-refractivity contribution in [1.82, 2.24) is 0 Å². The van der Waals surface area contributed by atoms with Gasteiger partial charge in [-0.05, 0) is 12.8 Å². The molecule has 0 aliphatic heterocycles. The average molecular weight is 776 g/mol. The molecule has 0 saturated heterocycles. The van der Waals surface area contributed by atoms with Gasteiger partial charge in [0.25, 0.3) is 7.82 Å². The van der Waals surface area contributed by atoms with Crippen LogP contribution in [-0.4, -0.2) is 70.7 Å². The topological polar surface area (TPSA) is 94.1 Å². The van der Waals surface area contributed by atoms with E-state index in [1.54, 1.807) is 0 Å². The van der Waals surface area contributed by atoms with Gasteiger partial charge in [-0.2, -0.15) is 0 Å². The molecule has 0 aromatic heterocycles. The number of rotatable bonds is 43. The smallest absolute Gasteiger partial charge is 0.306 e. The lowest BCUT2D eigenvalue weighted by molar-refractivity contribution is -0.870. The van der Waals surface area contributed by atoms with E-state index in [-0.39, 0.29) is 25.8 Å². The molecule has 9 heteroatoms. The Morgan fingerprint density at radius 1 is 0.509 bits per heavy atom. The number of hydrogen-bond acceptors (Lipinski definition) is 7. The molecule has 0 aromatic rings. The van der Waals surface area contributed by atoms with E-state index in [9.17, 15) is 14.3 Å². The number of phosphoric ester groups is 1. The van der Waals surface area contributed by atoms with Gasteiger partial charge >= 0.3 is 5.97 Å². The van der Waals surface area contributed by atoms with E-state index in [1.165, 1.54) is 167 Å². The lowest BCUT2D eigenvalue weighted by Crippen LogP contribution is -2.37. The third-order valence-electron chi connectivity index (χ3n) is 10.2. The number of esters is 1. The first-order chi connectivity index (χ1) is 25.6. The molecule has 1 unspecified atom stereocenters. The van der Waals surface area contributed by atoms with Crippen molar-refractivity contribution in [1.29, 1.82) is 0 Å². The van der Waals surface area contributed by atoms with Crippen LogP contribution in [0.2, 0.25) is 0 Å². The minimum absolute atomic E-state index is 0.0314. The summed E-state index contributed by atoms with van der Waals surface area (Å²) in [5, 5.41) is 0. The van der Waals surface area contributed by atoms with E-state index in [1.807, 2.05) is 21.1 Å². The van der Waals surface area contributed by atoms with Crippen LogP contribution in [0.1, 0.15) is 219 Å². The molecule has 0 amide bonds. The predicted octanol–water partition coefficient (Wildman–Crippen LogP) is 12.6. The molecule has 0 aliphatic carbocycles. The zero-order valence-electron chi connectivity index (χ0n) is 36.0. The molecule has 318 valence electrons. The summed E-state index contributed by atoms with van der Waals surface area (Å²) in [6, 6.07) is 0. The van der Waals surface area contributed by atoms with Gasteiger partial charge < -0.3 is 27.9 Å². The minimum atomic E-state index is -4.51. The Balaban J connectivity index is 4.17. The molecule has 8 nitrogen and oxygen atoms in total. The van der Waals surface area contributed by atoms with Crippen molar-refractivity contribution in [3.63, 3.8) is 0 Å². The van der Waals surface area contributed by atoms with Crippen LogP contribution < -0.4 is 4.89 Å². The summed E-state index contributed by atoms with van der Waals surface area (Å²) in [5.74, 6) is -0.328. The minimum Gasteiger partial charge on any atom is -0.756 e. The number of hydrogen-bond donors (Lipinski definition) is 0. The summed E-state index contributed by atoms with van der Waals surface area (Å²) >= 11 is 0. The Bertz CT molecular complexity index is 822. The fourth-order valence-corrected chi connectivity index (χ4v) is 7.34. The normalized spacial score (nSPS) is 13.7. The number of likely N-dealkylation sites (N-methyl/N-ethyl adjacent to an activating group) is 1. The third-order valence-corrected chi connectivity index (χ3v) is 11.1. The van der Waals surface area contributed by atoms with E-state index in [0.717, 1.165) is 32.1 Å². The van der Waals surface area contributed by atoms with E-state index in [2.05, 4.69) is 13.8 Å². The van der Waals surface area contributed by atoms with Crippen molar-refractivity contribution >= 4 is 13.8 Å². The number of unbranched alkanes of at least 4 members (excludes halogenated alkanes) is 29. The fraction of sp³-hybridized carbons (Fsp3) is 0.977. The Morgan fingerprint density at radius 3 is 1.25 bits per heavy atom. The molecular formula is C44H90NO7P. The Labute approximate surface area is 329 Å². The zero-order valence-corrected chi connectivity index (χ0v) is 36.9. The summed E-state index contributed by atoms with van der Waals surface area (Å²) in [7, 11) is 1.37. The zero-order chi connectivity index (χ0) is 39.1. The van der Waals surface area contributed by atoms with Gasteiger partial charge in [-0.25, -0.2) is 0 Å². The second-order valence-corrected chi connectivity index (χ2v) is 18.2. The molecule has 0 bridgehead atoms. The van der Waals surface area contributed by atoms with Crippen molar-refractivity contribution in [2.24, 2.45) is 0 Å². The molecule has 0 radical (unpaired) electrons. The maximum atomic E-state index is 12.7. The van der Waals surface area contributed by atoms with Gasteiger partial charge in [0.2, 0.25) is 0 Å². The molecule has 0 aromatic carbocycles. The number of phosphoric acid groups is 1. The number of quaternary nitrogens is 1. The van der Waals surface area contributed by atoms with Crippen LogP contribution in [0.3, 0.4) is 0 Å². The van der Waals surface area contributed by atoms with Gasteiger partial charge in [0, 0.05) is 13.0 Å². The van der Waals surface area contributed by atoms with E-state index < -0.39 is 13.9 Å². The molecule has 0 aliphatic rings. The second kappa shape index (κ2) is 38.4. The van der Waals surface area contributed by atoms with E-state index in [4.69, 9.17) is 18.5 Å². The van der Waals surface area contributed by atoms with Crippen LogP contribution in [0.4, 0.5) is 0 Å². The Hall–Kier alpha value is -0.500. The molecule has 2 atom stereocenters. The summed E-state index contributed by atoms with van der Waals surface area (Å²) in [6.45, 7) is 5.47. The summed E-state index contributed by atoms with van der Waals surface area (Å²) in [4.78, 5) is 25.0. The fourth-order valence-electron chi connectivity index (χ4n) is 6.61. The van der Waals surface area contributed by atoms with Crippen molar-refractivity contribution < 1.29 is 37.3 Å². The van der Waals surface area contributed by atoms with Crippen molar-refractivity contribution in [3.05, 3.63) is 0 Å². The van der Waals surface area contributed by atoms with Crippen LogP contribution in [0.15, 0.2) is 0 Å². The number of carbonyl (C=O) groups is 1. The Morgan fingerprint density at radius 2 is 0.868 bits per heavy atom. The van der Waals surface area contributed by atoms with E-state index >= 15 is 0 Å². The van der Waals surface area contributed by atoms with Gasteiger partial charge in [0.15, 0.2) is 0 Å². The molecule has 0 rings (SSSR count). The largest absolute Gasteiger partial charge is 0.756 e. The first-order valence-corrected chi connectivity index (χ1v) is 24.2. The standard InChI is InChI=1S/C44H90NO7P/c1-6-8-10-12-14-16-18-20-22-24-26-28-30-32-34-36-39-49-41-43(42-51-53(47,48)50-40-38-45(3,4)5)52-44(46)37-35-33-31-29-27-25-23-21-19-17-15-13-11-9-7-2/h43H,6-42H2,1-5H3/t43-/m1/s1. The molecular weight excluding hydrogens is 685 g/mol. The summed E-state index contributed by atoms with van der Waals surface area (Å²) in [5.41, 5.74) is 0. The molecule has 0 saturated carbocycles. The monoisotopic (exact) mass is 776 g/mol. The lowest BCUT2D eigenvalue weighted by Gasteiger charge is -2.28. The highest BCUT2D eigenvalue weighted by Crippen LogP contribution is 2.38. The maximum Gasteiger partial charge on any atom is 0.306 e. The van der Waals surface area contributed by atoms with Crippen LogP contribution in [-0.2, 0) is 27.9 Å². The highest BCUT2D eigenvalue weighted by atomic mass is 31.2. The second-order valence-electron chi connectivity index (χ2n) is 16.8. The SMILES string of the molecule is CCCCCCCCCCCCCCCCCCOC[C@H](COP(=O)([O-])OCC[N+](C)(C)C)OC(=O)CCCCCCCCCCCCCCCCC. The Kier molecular flexibility index (Phi) is 38.0. The quantitative estimate of drug-likeness (QED) is 0.0263. The molecule has 0 N–H and O–H groups in total. The highest BCUT2D eigenvalue weighted by Gasteiger charge is 2.20. The summed E-state index contributed by atoms with van der Waals surface area (Å²) in [6.07, 6.45) is 39.6. The summed E-state index contributed by atoms with van der Waals surface area (Å²) < 4.78 is 34.6. The van der Waals surface area contributed by atoms with Crippen LogP contribution in [0, 0.1) is 0 Å². The van der Waals surface area contributed by atoms with Crippen molar-refractivity contribution in [3.8, 4) is 0 Å². The first-order valence-electron chi connectivity index (χ1n) is 22.8. The molecule has 0 heterocycles. The third kappa shape index (κ3) is 42.5. The lowest BCUT2D eigenvalue weighted by atomic mass is 10.0. The average Bonchev–Trinajstić information content (AvgIpc) is 3.11. The molecule has 0 fully saturated rings. The van der Waals surface area contributed by atoms with Gasteiger partial charge in [0.1, 0.15) is 19.3 Å². The van der Waals surface area contributed by atoms with Crippen molar-refractivity contribution in [2.45, 2.75) is 225 Å². The van der Waals surface area contributed by atoms with E-state index in [0.29, 0.717) is 24.1 Å². The van der Waals surface area contributed by atoms with Crippen LogP contribution in [0.25, 0.3) is 0 Å². The highest BCUT2D eigenvalue weighted by molar-refractivity contribution is 7.45. The van der Waals surface area contributed by atoms with Gasteiger partial charge in [-0.1, -0.05) is 200 Å². The van der Waals surface area contributed by atoms with Crippen LogP contribution >= 0.6 is 7.82 Å². The predicted molar refractivity (Wildman–Crippen MR) is 222 cm³/mol. The van der Waals surface area contributed by atoms with Gasteiger partial charge in [-0.15, -0.1) is 0 Å². The molecule has 0 spiro atoms. The number of ether oxygens (including phenoxy) is 2. The number of carbonyl (C=O) groups excluding carboxylic acids is 1. The first kappa shape index (κ1) is 52.5.